The molecule has 0 unspecified atom stereocenters. The first-order valence-electron chi connectivity index (χ1n) is 10.7. The number of fused-ring (bicyclic) bond motifs is 3. The SMILES string of the molecule is NS(=O)(=O)N1CCC(Nc2nn(CO)c3c2nc(-c2c(F)cccc2F)c2ccccc23)CC1. The number of nitrogens with one attached hydrogen (secondary N) is 1. The van der Waals surface area contributed by atoms with Crippen LogP contribution in [0.2, 0.25) is 0 Å². The molecule has 0 spiro atoms. The van der Waals surface area contributed by atoms with E-state index in [1.807, 2.05) is 0 Å². The van der Waals surface area contributed by atoms with E-state index in [0.717, 1.165) is 0 Å². The number of aliphatic hydroxyl groups is 1. The summed E-state index contributed by atoms with van der Waals surface area (Å²) in [5.74, 6) is -1.14. The van der Waals surface area contributed by atoms with Crippen LogP contribution in [-0.4, -0.2) is 51.7 Å². The molecule has 34 heavy (non-hydrogen) atoms. The van der Waals surface area contributed by atoms with Crippen LogP contribution < -0.4 is 10.5 Å². The summed E-state index contributed by atoms with van der Waals surface area (Å²) >= 11 is 0. The zero-order valence-corrected chi connectivity index (χ0v) is 18.8. The van der Waals surface area contributed by atoms with Gasteiger partial charge >= 0.3 is 0 Å². The topological polar surface area (TPSA) is 126 Å². The van der Waals surface area contributed by atoms with E-state index in [1.165, 1.54) is 27.2 Å². The van der Waals surface area contributed by atoms with Gasteiger partial charge in [-0.1, -0.05) is 30.3 Å². The van der Waals surface area contributed by atoms with Crippen molar-refractivity contribution in [1.82, 2.24) is 19.1 Å². The van der Waals surface area contributed by atoms with Gasteiger partial charge in [0.2, 0.25) is 0 Å². The summed E-state index contributed by atoms with van der Waals surface area (Å²) in [4.78, 5) is 4.62. The Balaban J connectivity index is 1.64. The first kappa shape index (κ1) is 22.6. The molecule has 0 radical (unpaired) electrons. The van der Waals surface area contributed by atoms with Gasteiger partial charge in [0.05, 0.1) is 16.8 Å². The Labute approximate surface area is 194 Å². The Morgan fingerprint density at radius 1 is 1.06 bits per heavy atom. The lowest BCUT2D eigenvalue weighted by Crippen LogP contribution is -2.45. The zero-order valence-electron chi connectivity index (χ0n) is 17.9. The minimum absolute atomic E-state index is 0.128. The minimum Gasteiger partial charge on any atom is -0.374 e. The highest BCUT2D eigenvalue weighted by molar-refractivity contribution is 7.86. The van der Waals surface area contributed by atoms with Gasteiger partial charge in [0.1, 0.15) is 23.9 Å². The molecule has 0 saturated carbocycles. The van der Waals surface area contributed by atoms with Gasteiger partial charge < -0.3 is 10.4 Å². The van der Waals surface area contributed by atoms with Crippen molar-refractivity contribution in [3.8, 4) is 11.3 Å². The fourth-order valence-electron chi connectivity index (χ4n) is 4.46. The second-order valence-corrected chi connectivity index (χ2v) is 9.70. The summed E-state index contributed by atoms with van der Waals surface area (Å²) in [6.45, 7) is 0.0650. The van der Waals surface area contributed by atoms with Gasteiger partial charge in [-0.25, -0.2) is 23.6 Å². The van der Waals surface area contributed by atoms with Crippen molar-refractivity contribution in [2.24, 2.45) is 5.14 Å². The highest BCUT2D eigenvalue weighted by Crippen LogP contribution is 2.37. The number of piperidine rings is 1. The molecule has 1 fully saturated rings. The number of aromatic nitrogens is 3. The van der Waals surface area contributed by atoms with Crippen molar-refractivity contribution >= 4 is 37.8 Å². The van der Waals surface area contributed by atoms with Crippen LogP contribution in [-0.2, 0) is 16.9 Å². The van der Waals surface area contributed by atoms with Crippen LogP contribution >= 0.6 is 0 Å². The van der Waals surface area contributed by atoms with Gasteiger partial charge in [0, 0.05) is 29.9 Å². The van der Waals surface area contributed by atoms with Gasteiger partial charge in [-0.3, -0.25) is 0 Å². The molecule has 3 heterocycles. The van der Waals surface area contributed by atoms with Crippen LogP contribution in [0.4, 0.5) is 14.6 Å². The number of hydrogen-bond donors (Lipinski definition) is 3. The van der Waals surface area contributed by atoms with Crippen LogP contribution in [0.5, 0.6) is 0 Å². The van der Waals surface area contributed by atoms with Gasteiger partial charge in [0.15, 0.2) is 5.82 Å². The van der Waals surface area contributed by atoms with Crippen LogP contribution in [0.3, 0.4) is 0 Å². The lowest BCUT2D eigenvalue weighted by molar-refractivity contribution is 0.201. The van der Waals surface area contributed by atoms with E-state index in [9.17, 15) is 22.3 Å². The van der Waals surface area contributed by atoms with Gasteiger partial charge in [-0.15, -0.1) is 0 Å². The number of aliphatic hydroxyl groups excluding tert-OH is 1. The first-order valence-corrected chi connectivity index (χ1v) is 12.2. The molecule has 2 aromatic heterocycles. The molecule has 2 aromatic carbocycles. The minimum atomic E-state index is -3.76. The van der Waals surface area contributed by atoms with Gasteiger partial charge in [-0.05, 0) is 25.0 Å². The molecule has 0 atom stereocenters. The average molecular weight is 489 g/mol. The van der Waals surface area contributed by atoms with Gasteiger partial charge in [0.25, 0.3) is 10.2 Å². The largest absolute Gasteiger partial charge is 0.374 e. The normalized spacial score (nSPS) is 15.9. The Hall–Kier alpha value is -3.19. The molecule has 0 amide bonds. The Morgan fingerprint density at radius 3 is 2.32 bits per heavy atom. The molecule has 4 aromatic rings. The molecule has 1 aliphatic heterocycles. The molecule has 178 valence electrons. The van der Waals surface area contributed by atoms with E-state index < -0.39 is 28.6 Å². The maximum atomic E-state index is 14.7. The van der Waals surface area contributed by atoms with E-state index in [1.54, 1.807) is 24.3 Å². The molecule has 9 nitrogen and oxygen atoms in total. The van der Waals surface area contributed by atoms with Gasteiger partial charge in [-0.2, -0.15) is 17.8 Å². The van der Waals surface area contributed by atoms with Crippen molar-refractivity contribution < 1.29 is 22.3 Å². The lowest BCUT2D eigenvalue weighted by Gasteiger charge is -2.30. The number of halogens is 2. The van der Waals surface area contributed by atoms with Crippen LogP contribution in [0, 0.1) is 11.6 Å². The Kier molecular flexibility index (Phi) is 5.68. The number of nitrogens with two attached hydrogens (primary N) is 1. The fourth-order valence-corrected chi connectivity index (χ4v) is 5.18. The standard InChI is InChI=1S/C22H22F2N6O3S/c23-16-6-3-7-17(24)18(16)19-14-4-1-2-5-15(14)21-20(27-19)22(28-30(21)12-31)26-13-8-10-29(11-9-13)34(25,32)33/h1-7,13,31H,8-12H2,(H,26,28)(H2,25,32,33). The quantitative estimate of drug-likeness (QED) is 0.396. The highest BCUT2D eigenvalue weighted by Gasteiger charge is 2.27. The number of rotatable bonds is 5. The predicted octanol–water partition coefficient (Wildman–Crippen LogP) is 2.56. The molecular weight excluding hydrogens is 466 g/mol. The molecular formula is C22H22F2N6O3S. The third-order valence-corrected chi connectivity index (χ3v) is 7.16. The lowest BCUT2D eigenvalue weighted by atomic mass is 10.0. The summed E-state index contributed by atoms with van der Waals surface area (Å²) in [6.07, 6.45) is 0.957. The zero-order chi connectivity index (χ0) is 24.0. The van der Waals surface area contributed by atoms with Crippen molar-refractivity contribution in [2.75, 3.05) is 18.4 Å². The van der Waals surface area contributed by atoms with Crippen molar-refractivity contribution in [1.29, 1.82) is 0 Å². The summed E-state index contributed by atoms with van der Waals surface area (Å²) in [7, 11) is -3.76. The van der Waals surface area contributed by atoms with Crippen molar-refractivity contribution in [2.45, 2.75) is 25.6 Å². The Morgan fingerprint density at radius 2 is 1.71 bits per heavy atom. The number of nitrogens with zero attached hydrogens (tertiary/aromatic N) is 4. The fraction of sp³-hybridized carbons (Fsp3) is 0.273. The molecule has 0 aliphatic carbocycles. The van der Waals surface area contributed by atoms with E-state index in [-0.39, 0.29) is 30.4 Å². The Bertz CT molecular complexity index is 1480. The molecule has 5 rings (SSSR count). The monoisotopic (exact) mass is 488 g/mol. The number of hydrogen-bond acceptors (Lipinski definition) is 6. The molecule has 1 saturated heterocycles. The van der Waals surface area contributed by atoms with E-state index in [0.29, 0.717) is 40.5 Å². The molecule has 0 bridgehead atoms. The maximum Gasteiger partial charge on any atom is 0.276 e. The first-order chi connectivity index (χ1) is 16.3. The molecule has 12 heteroatoms. The van der Waals surface area contributed by atoms with Crippen LogP contribution in [0.15, 0.2) is 42.5 Å². The van der Waals surface area contributed by atoms with E-state index >= 15 is 0 Å². The van der Waals surface area contributed by atoms with E-state index in [2.05, 4.69) is 15.4 Å². The summed E-state index contributed by atoms with van der Waals surface area (Å²) in [5.41, 5.74) is 0.746. The van der Waals surface area contributed by atoms with Crippen LogP contribution in [0.1, 0.15) is 12.8 Å². The van der Waals surface area contributed by atoms with Crippen molar-refractivity contribution in [3.05, 3.63) is 54.1 Å². The van der Waals surface area contributed by atoms with Crippen molar-refractivity contribution in [3.63, 3.8) is 0 Å². The van der Waals surface area contributed by atoms with Crippen LogP contribution in [0.25, 0.3) is 33.1 Å². The summed E-state index contributed by atoms with van der Waals surface area (Å²) in [6, 6.07) is 10.5. The number of benzene rings is 2. The summed E-state index contributed by atoms with van der Waals surface area (Å²) in [5, 5.41) is 24.0. The van der Waals surface area contributed by atoms with E-state index in [4.69, 9.17) is 5.14 Å². The molecule has 1 aliphatic rings. The summed E-state index contributed by atoms with van der Waals surface area (Å²) < 4.78 is 55.2. The second-order valence-electron chi connectivity index (χ2n) is 8.15. The predicted molar refractivity (Wildman–Crippen MR) is 124 cm³/mol. The molecule has 4 N–H and O–H groups in total. The smallest absolute Gasteiger partial charge is 0.276 e. The number of pyridine rings is 1. The maximum absolute atomic E-state index is 14.7. The third-order valence-electron chi connectivity index (χ3n) is 6.08. The average Bonchev–Trinajstić information content (AvgIpc) is 3.16. The third kappa shape index (κ3) is 3.88. The second kappa shape index (κ2) is 8.55. The highest BCUT2D eigenvalue weighted by atomic mass is 32.2. The number of anilines is 1.